The van der Waals surface area contributed by atoms with E-state index in [0.717, 1.165) is 4.74 Å². The summed E-state index contributed by atoms with van der Waals surface area (Å²) in [5.41, 5.74) is -15.6. The summed E-state index contributed by atoms with van der Waals surface area (Å²) in [7, 11) is 0. The summed E-state index contributed by atoms with van der Waals surface area (Å²) in [5.74, 6) is -34.3. The molecular formula is C13F26O. The first-order valence-corrected chi connectivity index (χ1v) is 8.07. The highest BCUT2D eigenvalue weighted by Gasteiger charge is 2.99. The van der Waals surface area contributed by atoms with Gasteiger partial charge in [-0.05, 0) is 0 Å². The average molecular weight is 666 g/mol. The summed E-state index contributed by atoms with van der Waals surface area (Å²) in [6.45, 7) is 0. The maximum atomic E-state index is 14.7. The zero-order valence-corrected chi connectivity index (χ0v) is 16.7. The number of alkyl halides is 25. The Morgan fingerprint density at radius 2 is 0.650 bits per heavy atom. The van der Waals surface area contributed by atoms with Crippen LogP contribution in [0.1, 0.15) is 0 Å². The lowest BCUT2D eigenvalue weighted by atomic mass is 9.74. The van der Waals surface area contributed by atoms with Crippen molar-refractivity contribution in [2.45, 2.75) is 60.9 Å². The van der Waals surface area contributed by atoms with Gasteiger partial charge >= 0.3 is 66.3 Å². The third-order valence-electron chi connectivity index (χ3n) is 4.21. The maximum absolute atomic E-state index is 14.7. The van der Waals surface area contributed by atoms with Crippen LogP contribution in [-0.4, -0.2) is 60.9 Å². The molecule has 0 aromatic carbocycles. The van der Waals surface area contributed by atoms with Crippen LogP contribution >= 0.6 is 0 Å². The summed E-state index contributed by atoms with van der Waals surface area (Å²) in [5, 5.41) is 0. The predicted octanol–water partition coefficient (Wildman–Crippen LogP) is 9.12. The van der Waals surface area contributed by atoms with Gasteiger partial charge in [-0.25, -0.2) is 4.39 Å². The summed E-state index contributed by atoms with van der Waals surface area (Å²) < 4.78 is 339. The van der Waals surface area contributed by atoms with Crippen molar-refractivity contribution in [3.63, 3.8) is 0 Å². The van der Waals surface area contributed by atoms with Crippen molar-refractivity contribution in [3.8, 4) is 0 Å². The van der Waals surface area contributed by atoms with Crippen molar-refractivity contribution < 1.29 is 119 Å². The number of hydrogen-bond acceptors (Lipinski definition) is 1. The van der Waals surface area contributed by atoms with Crippen LogP contribution in [0, 0.1) is 5.41 Å². The number of hydrogen-bond donors (Lipinski definition) is 0. The van der Waals surface area contributed by atoms with E-state index in [1.165, 1.54) is 0 Å². The first kappa shape index (κ1) is 37.9. The second-order valence-electron chi connectivity index (χ2n) is 6.79. The highest BCUT2D eigenvalue weighted by atomic mass is 19.5. The minimum Gasteiger partial charge on any atom is -0.266 e. The van der Waals surface area contributed by atoms with Gasteiger partial charge in [-0.3, -0.25) is 4.74 Å². The molecule has 0 rings (SSSR count). The van der Waals surface area contributed by atoms with Gasteiger partial charge in [0.15, 0.2) is 11.4 Å². The lowest BCUT2D eigenvalue weighted by Gasteiger charge is -2.48. The summed E-state index contributed by atoms with van der Waals surface area (Å²) in [6.07, 6.45) is -60.5. The minimum atomic E-state index is -9.87. The Morgan fingerprint density at radius 3 is 0.850 bits per heavy atom. The fourth-order valence-electron chi connectivity index (χ4n) is 2.48. The van der Waals surface area contributed by atoms with E-state index in [2.05, 4.69) is 0 Å². The van der Waals surface area contributed by atoms with Crippen LogP contribution in [0.3, 0.4) is 0 Å². The second kappa shape index (κ2) is 9.45. The molecule has 40 heavy (non-hydrogen) atoms. The third-order valence-corrected chi connectivity index (χ3v) is 4.21. The van der Waals surface area contributed by atoms with Gasteiger partial charge in [0.2, 0.25) is 0 Å². The molecule has 1 atom stereocenters. The minimum absolute atomic E-state index is 0.853. The van der Waals surface area contributed by atoms with Gasteiger partial charge in [-0.1, -0.05) is 0 Å². The van der Waals surface area contributed by atoms with Crippen LogP contribution in [0.15, 0.2) is 11.4 Å². The van der Waals surface area contributed by atoms with Gasteiger partial charge in [0.05, 0.1) is 0 Å². The Balaban J connectivity index is 8.66. The molecular weight excluding hydrogens is 666 g/mol. The summed E-state index contributed by atoms with van der Waals surface area (Å²) >= 11 is 0. The molecule has 0 amide bonds. The van der Waals surface area contributed by atoms with Gasteiger partial charge in [0, 0.05) is 0 Å². The maximum Gasteiger partial charge on any atom is 0.462 e. The number of ether oxygens (including phenoxy) is 1. The van der Waals surface area contributed by atoms with E-state index in [-0.39, 0.29) is 0 Å². The lowest BCUT2D eigenvalue weighted by molar-refractivity contribution is -0.527. The number of halogens is 26. The van der Waals surface area contributed by atoms with Gasteiger partial charge < -0.3 is 0 Å². The van der Waals surface area contributed by atoms with Gasteiger partial charge in [-0.15, -0.1) is 0 Å². The Labute approximate surface area is 198 Å². The van der Waals surface area contributed by atoms with Crippen molar-refractivity contribution in [1.29, 1.82) is 0 Å². The Hall–Kier alpha value is -2.12. The zero-order valence-electron chi connectivity index (χ0n) is 16.7. The largest absolute Gasteiger partial charge is 0.462 e. The molecule has 0 aromatic rings. The molecule has 27 heteroatoms. The summed E-state index contributed by atoms with van der Waals surface area (Å²) in [4.78, 5) is 0. The fourth-order valence-corrected chi connectivity index (χ4v) is 2.48. The van der Waals surface area contributed by atoms with Crippen molar-refractivity contribution in [2.24, 2.45) is 5.41 Å². The van der Waals surface area contributed by atoms with Gasteiger partial charge in [0.1, 0.15) is 0 Å². The van der Waals surface area contributed by atoms with Crippen LogP contribution in [-0.2, 0) is 4.74 Å². The van der Waals surface area contributed by atoms with Crippen LogP contribution in [0.5, 0.6) is 0 Å². The van der Waals surface area contributed by atoms with E-state index in [4.69, 9.17) is 0 Å². The average Bonchev–Trinajstić information content (AvgIpc) is 2.52. The smallest absolute Gasteiger partial charge is 0.266 e. The Kier molecular flexibility index (Phi) is 8.95. The van der Waals surface area contributed by atoms with E-state index >= 15 is 0 Å². The second-order valence-corrected chi connectivity index (χ2v) is 6.79. The third kappa shape index (κ3) is 5.53. The molecule has 0 fully saturated rings. The highest BCUT2D eigenvalue weighted by Crippen LogP contribution is 2.71. The molecule has 0 aromatic heterocycles. The van der Waals surface area contributed by atoms with Crippen LogP contribution < -0.4 is 0 Å². The summed E-state index contributed by atoms with van der Waals surface area (Å²) in [6, 6.07) is 0. The normalized spacial score (nSPS) is 17.6. The van der Waals surface area contributed by atoms with Gasteiger partial charge in [-0.2, -0.15) is 110 Å². The Morgan fingerprint density at radius 1 is 0.375 bits per heavy atom. The molecule has 240 valence electrons. The molecule has 1 nitrogen and oxygen atoms in total. The number of allylic oxidation sites excluding steroid dienone is 1. The van der Waals surface area contributed by atoms with Crippen molar-refractivity contribution >= 4 is 0 Å². The van der Waals surface area contributed by atoms with E-state index in [9.17, 15) is 114 Å². The zero-order chi connectivity index (χ0) is 33.4. The monoisotopic (exact) mass is 666 g/mol. The SMILES string of the molecule is FC(=C(C(F)(F)F)C(F)(F)F)C(F)(OC(F)(F)C(F)(F)C(F)(F)F)C(F)(F)C(C(F)(F)F)(C(F)(F)F)C(F)(F)F. The molecule has 0 bridgehead atoms. The molecule has 0 aliphatic carbocycles. The van der Waals surface area contributed by atoms with Crippen molar-refractivity contribution in [2.75, 3.05) is 0 Å². The molecule has 0 saturated heterocycles. The molecule has 0 aliphatic rings. The van der Waals surface area contributed by atoms with E-state index in [1.54, 1.807) is 0 Å². The van der Waals surface area contributed by atoms with Gasteiger partial charge in [0.25, 0.3) is 0 Å². The first-order valence-electron chi connectivity index (χ1n) is 8.07. The Bertz CT molecular complexity index is 892. The van der Waals surface area contributed by atoms with Crippen LogP contribution in [0.25, 0.3) is 0 Å². The molecule has 0 saturated carbocycles. The first-order chi connectivity index (χ1) is 16.7. The van der Waals surface area contributed by atoms with E-state index in [1.807, 2.05) is 0 Å². The molecule has 0 N–H and O–H groups in total. The molecule has 0 heterocycles. The molecule has 0 spiro atoms. The van der Waals surface area contributed by atoms with E-state index < -0.39 is 77.7 Å². The van der Waals surface area contributed by atoms with Crippen LogP contribution in [0.4, 0.5) is 114 Å². The fraction of sp³-hybridized carbons (Fsp3) is 0.846. The molecule has 1 unspecified atom stereocenters. The van der Waals surface area contributed by atoms with Crippen LogP contribution in [0.2, 0.25) is 0 Å². The standard InChI is InChI=1S/C13F26O/c14-2(1(4(16,17)18)5(19,20)21)3(15,40-13(38,39)8(24,25)12(35,36)37)7(22,23)6(9(26,27)28,10(29,30)31)11(32,33)34. The number of rotatable bonds is 6. The molecule has 0 radical (unpaired) electrons. The highest BCUT2D eigenvalue weighted by molar-refractivity contribution is 5.30. The topological polar surface area (TPSA) is 9.23 Å². The quantitative estimate of drug-likeness (QED) is 0.257. The van der Waals surface area contributed by atoms with Crippen molar-refractivity contribution in [3.05, 3.63) is 11.4 Å². The predicted molar refractivity (Wildman–Crippen MR) is 66.7 cm³/mol. The van der Waals surface area contributed by atoms with E-state index in [0.29, 0.717) is 0 Å². The molecule has 0 aliphatic heterocycles. The lowest BCUT2D eigenvalue weighted by Crippen LogP contribution is -2.75. The van der Waals surface area contributed by atoms with Crippen molar-refractivity contribution in [1.82, 2.24) is 0 Å².